The Balaban J connectivity index is 2.24. The van der Waals surface area contributed by atoms with Crippen molar-refractivity contribution in [1.82, 2.24) is 9.78 Å². The van der Waals surface area contributed by atoms with E-state index in [1.54, 1.807) is 0 Å². The fourth-order valence-electron chi connectivity index (χ4n) is 2.07. The predicted octanol–water partition coefficient (Wildman–Crippen LogP) is 1.78. The molecular weight excluding hydrogens is 214 g/mol. The summed E-state index contributed by atoms with van der Waals surface area (Å²) in [4.78, 5) is 0. The maximum Gasteiger partial charge on any atom is 0.123 e. The van der Waals surface area contributed by atoms with Crippen molar-refractivity contribution >= 4 is 11.5 Å². The standard InChI is InChI=1S/C12H19N5/c1-3-5-17-8-10(7-14-17)12-9(4-2)6-11(13)15-16-12/h7-9H,3-6H2,1-2H3,(H2,13,15). The number of aryl methyl sites for hydroxylation is 1. The minimum atomic E-state index is 0.367. The normalized spacial score (nSPS) is 20.0. The van der Waals surface area contributed by atoms with Crippen molar-refractivity contribution in [2.45, 2.75) is 39.7 Å². The van der Waals surface area contributed by atoms with Crippen LogP contribution in [0.3, 0.4) is 0 Å². The molecule has 2 rings (SSSR count). The van der Waals surface area contributed by atoms with E-state index in [0.717, 1.165) is 37.1 Å². The number of nitrogens with zero attached hydrogens (tertiary/aromatic N) is 4. The Bertz CT molecular complexity index is 444. The first kappa shape index (κ1) is 11.8. The van der Waals surface area contributed by atoms with Crippen molar-refractivity contribution in [3.63, 3.8) is 0 Å². The average Bonchev–Trinajstić information content (AvgIpc) is 2.78. The number of aromatic nitrogens is 2. The van der Waals surface area contributed by atoms with Crippen LogP contribution in [0.2, 0.25) is 0 Å². The molecule has 0 radical (unpaired) electrons. The summed E-state index contributed by atoms with van der Waals surface area (Å²) in [5.41, 5.74) is 7.80. The SMILES string of the molecule is CCCn1cc(C2=NN=C(N)CC2CC)cn1. The number of hydrogen-bond donors (Lipinski definition) is 1. The molecule has 17 heavy (non-hydrogen) atoms. The fourth-order valence-corrected chi connectivity index (χ4v) is 2.07. The molecule has 1 aromatic rings. The van der Waals surface area contributed by atoms with Crippen LogP contribution in [0, 0.1) is 5.92 Å². The molecule has 0 aromatic carbocycles. The highest BCUT2D eigenvalue weighted by Crippen LogP contribution is 2.20. The Morgan fingerprint density at radius 2 is 2.24 bits per heavy atom. The number of hydrogen-bond acceptors (Lipinski definition) is 4. The molecule has 1 aliphatic rings. The van der Waals surface area contributed by atoms with Crippen molar-refractivity contribution < 1.29 is 0 Å². The number of rotatable bonds is 4. The van der Waals surface area contributed by atoms with Crippen LogP contribution in [-0.2, 0) is 6.54 Å². The van der Waals surface area contributed by atoms with Crippen LogP contribution in [0.1, 0.15) is 38.7 Å². The zero-order chi connectivity index (χ0) is 12.3. The van der Waals surface area contributed by atoms with Gasteiger partial charge in [0.05, 0.1) is 11.9 Å². The van der Waals surface area contributed by atoms with Crippen LogP contribution >= 0.6 is 0 Å². The van der Waals surface area contributed by atoms with Crippen molar-refractivity contribution in [2.24, 2.45) is 21.9 Å². The molecule has 2 N–H and O–H groups in total. The van der Waals surface area contributed by atoms with Gasteiger partial charge in [-0.3, -0.25) is 4.68 Å². The van der Waals surface area contributed by atoms with Gasteiger partial charge in [0, 0.05) is 30.6 Å². The number of amidine groups is 1. The fraction of sp³-hybridized carbons (Fsp3) is 0.583. The van der Waals surface area contributed by atoms with E-state index in [1.165, 1.54) is 0 Å². The summed E-state index contributed by atoms with van der Waals surface area (Å²) in [6.07, 6.45) is 6.81. The minimum absolute atomic E-state index is 0.367. The molecule has 0 fully saturated rings. The molecule has 1 unspecified atom stereocenters. The first-order valence-corrected chi connectivity index (χ1v) is 6.17. The quantitative estimate of drug-likeness (QED) is 0.861. The molecule has 2 heterocycles. The van der Waals surface area contributed by atoms with Crippen molar-refractivity contribution in [1.29, 1.82) is 0 Å². The van der Waals surface area contributed by atoms with Gasteiger partial charge in [-0.15, -0.1) is 5.10 Å². The van der Waals surface area contributed by atoms with Gasteiger partial charge in [-0.2, -0.15) is 10.2 Å². The van der Waals surface area contributed by atoms with Crippen LogP contribution in [0.25, 0.3) is 0 Å². The average molecular weight is 233 g/mol. The predicted molar refractivity (Wildman–Crippen MR) is 69.1 cm³/mol. The molecule has 5 nitrogen and oxygen atoms in total. The Morgan fingerprint density at radius 3 is 2.94 bits per heavy atom. The van der Waals surface area contributed by atoms with Crippen LogP contribution < -0.4 is 5.73 Å². The van der Waals surface area contributed by atoms with Gasteiger partial charge in [0.15, 0.2) is 0 Å². The first-order chi connectivity index (χ1) is 8.24. The van der Waals surface area contributed by atoms with Crippen molar-refractivity contribution in [2.75, 3.05) is 0 Å². The maximum atomic E-state index is 5.72. The lowest BCUT2D eigenvalue weighted by atomic mass is 9.92. The monoisotopic (exact) mass is 233 g/mol. The van der Waals surface area contributed by atoms with E-state index in [0.29, 0.717) is 11.8 Å². The molecule has 0 amide bonds. The summed E-state index contributed by atoms with van der Waals surface area (Å²) in [6, 6.07) is 0. The Labute approximate surface area is 101 Å². The summed E-state index contributed by atoms with van der Waals surface area (Å²) in [5.74, 6) is 0.994. The van der Waals surface area contributed by atoms with Crippen molar-refractivity contribution in [3.8, 4) is 0 Å². The van der Waals surface area contributed by atoms with Crippen LogP contribution in [0.5, 0.6) is 0 Å². The van der Waals surface area contributed by atoms with Gasteiger partial charge in [-0.05, 0) is 12.8 Å². The van der Waals surface area contributed by atoms with E-state index in [4.69, 9.17) is 5.73 Å². The van der Waals surface area contributed by atoms with E-state index in [9.17, 15) is 0 Å². The Morgan fingerprint density at radius 1 is 1.41 bits per heavy atom. The minimum Gasteiger partial charge on any atom is -0.386 e. The highest BCUT2D eigenvalue weighted by Gasteiger charge is 2.22. The summed E-state index contributed by atoms with van der Waals surface area (Å²) in [5, 5.41) is 12.5. The molecule has 0 aliphatic carbocycles. The van der Waals surface area contributed by atoms with E-state index >= 15 is 0 Å². The zero-order valence-corrected chi connectivity index (χ0v) is 10.4. The second-order valence-electron chi connectivity index (χ2n) is 4.38. The van der Waals surface area contributed by atoms with Gasteiger partial charge in [-0.1, -0.05) is 13.8 Å². The van der Waals surface area contributed by atoms with Crippen molar-refractivity contribution in [3.05, 3.63) is 18.0 Å². The molecular formula is C12H19N5. The second-order valence-corrected chi connectivity index (χ2v) is 4.38. The second kappa shape index (κ2) is 5.12. The van der Waals surface area contributed by atoms with Gasteiger partial charge in [0.25, 0.3) is 0 Å². The summed E-state index contributed by atoms with van der Waals surface area (Å²) in [7, 11) is 0. The molecule has 1 atom stereocenters. The van der Waals surface area contributed by atoms with E-state index < -0.39 is 0 Å². The highest BCUT2D eigenvalue weighted by atomic mass is 15.3. The van der Waals surface area contributed by atoms with Gasteiger partial charge < -0.3 is 5.73 Å². The lowest BCUT2D eigenvalue weighted by Gasteiger charge is -2.18. The molecule has 0 spiro atoms. The van der Waals surface area contributed by atoms with Crippen LogP contribution in [0.15, 0.2) is 22.6 Å². The van der Waals surface area contributed by atoms with Gasteiger partial charge in [-0.25, -0.2) is 0 Å². The Kier molecular flexibility index (Phi) is 3.56. The van der Waals surface area contributed by atoms with E-state index in [2.05, 4.69) is 29.1 Å². The van der Waals surface area contributed by atoms with E-state index in [-0.39, 0.29) is 0 Å². The third-order valence-electron chi connectivity index (χ3n) is 3.00. The molecule has 5 heteroatoms. The molecule has 0 saturated carbocycles. The van der Waals surface area contributed by atoms with Gasteiger partial charge >= 0.3 is 0 Å². The molecule has 1 aromatic heterocycles. The third-order valence-corrected chi connectivity index (χ3v) is 3.00. The third kappa shape index (κ3) is 2.54. The Hall–Kier alpha value is -1.65. The largest absolute Gasteiger partial charge is 0.386 e. The summed E-state index contributed by atoms with van der Waals surface area (Å²) in [6.45, 7) is 5.23. The van der Waals surface area contributed by atoms with E-state index in [1.807, 2.05) is 17.1 Å². The van der Waals surface area contributed by atoms with Gasteiger partial charge in [0.1, 0.15) is 5.84 Å². The summed E-state index contributed by atoms with van der Waals surface area (Å²) >= 11 is 0. The highest BCUT2D eigenvalue weighted by molar-refractivity contribution is 6.05. The van der Waals surface area contributed by atoms with Crippen LogP contribution in [-0.4, -0.2) is 21.3 Å². The molecule has 0 saturated heterocycles. The zero-order valence-electron chi connectivity index (χ0n) is 10.4. The topological polar surface area (TPSA) is 68.6 Å². The summed E-state index contributed by atoms with van der Waals surface area (Å²) < 4.78 is 1.95. The molecule has 92 valence electrons. The smallest absolute Gasteiger partial charge is 0.123 e. The lowest BCUT2D eigenvalue weighted by molar-refractivity contribution is 0.602. The molecule has 1 aliphatic heterocycles. The molecule has 0 bridgehead atoms. The first-order valence-electron chi connectivity index (χ1n) is 6.17. The maximum absolute atomic E-state index is 5.72. The van der Waals surface area contributed by atoms with Gasteiger partial charge in [0.2, 0.25) is 0 Å². The lowest BCUT2D eigenvalue weighted by Crippen LogP contribution is -2.26. The number of nitrogens with two attached hydrogens (primary N) is 1. The van der Waals surface area contributed by atoms with Crippen LogP contribution in [0.4, 0.5) is 0 Å².